The molecule has 1 saturated carbocycles. The van der Waals surface area contributed by atoms with Crippen LogP contribution < -0.4 is 5.32 Å². The van der Waals surface area contributed by atoms with E-state index in [0.717, 1.165) is 12.2 Å². The third-order valence-electron chi connectivity index (χ3n) is 3.95. The molecule has 0 bridgehead atoms. The summed E-state index contributed by atoms with van der Waals surface area (Å²) in [5, 5.41) is 20.5. The van der Waals surface area contributed by atoms with Gasteiger partial charge in [0.25, 0.3) is 0 Å². The quantitative estimate of drug-likeness (QED) is 0.830. The van der Waals surface area contributed by atoms with Gasteiger partial charge in [0.05, 0.1) is 18.8 Å². The van der Waals surface area contributed by atoms with Crippen molar-refractivity contribution in [2.45, 2.75) is 58.7 Å². The normalized spacial score (nSPS) is 23.2. The molecule has 102 valence electrons. The molecule has 0 aromatic carbocycles. The van der Waals surface area contributed by atoms with Crippen LogP contribution in [0.3, 0.4) is 0 Å². The first-order valence-corrected chi connectivity index (χ1v) is 6.85. The van der Waals surface area contributed by atoms with Crippen LogP contribution >= 0.6 is 0 Å². The third-order valence-corrected chi connectivity index (χ3v) is 3.95. The van der Waals surface area contributed by atoms with Gasteiger partial charge in [-0.1, -0.05) is 31.9 Å². The van der Waals surface area contributed by atoms with E-state index in [0.29, 0.717) is 18.0 Å². The SMILES string of the molecule is CC1(C)CCCCC1NCc1cn(CCO)nn1. The summed E-state index contributed by atoms with van der Waals surface area (Å²) >= 11 is 0. The predicted octanol–water partition coefficient (Wildman–Crippen LogP) is 1.33. The lowest BCUT2D eigenvalue weighted by atomic mass is 9.73. The Kier molecular flexibility index (Phi) is 4.35. The van der Waals surface area contributed by atoms with Crippen molar-refractivity contribution < 1.29 is 5.11 Å². The second-order valence-corrected chi connectivity index (χ2v) is 5.86. The van der Waals surface area contributed by atoms with E-state index >= 15 is 0 Å². The Morgan fingerprint density at radius 2 is 2.33 bits per heavy atom. The molecule has 2 rings (SSSR count). The van der Waals surface area contributed by atoms with Crippen LogP contribution in [0.25, 0.3) is 0 Å². The Morgan fingerprint density at radius 3 is 3.06 bits per heavy atom. The number of aromatic nitrogens is 3. The molecule has 18 heavy (non-hydrogen) atoms. The van der Waals surface area contributed by atoms with Gasteiger partial charge in [-0.3, -0.25) is 0 Å². The minimum atomic E-state index is 0.103. The maximum absolute atomic E-state index is 8.83. The van der Waals surface area contributed by atoms with Crippen LogP contribution in [0.2, 0.25) is 0 Å². The van der Waals surface area contributed by atoms with Crippen molar-refractivity contribution in [3.05, 3.63) is 11.9 Å². The predicted molar refractivity (Wildman–Crippen MR) is 70.0 cm³/mol. The molecule has 2 N–H and O–H groups in total. The van der Waals surface area contributed by atoms with Crippen LogP contribution in [0.4, 0.5) is 0 Å². The van der Waals surface area contributed by atoms with E-state index in [1.165, 1.54) is 25.7 Å². The minimum Gasteiger partial charge on any atom is -0.394 e. The first-order chi connectivity index (χ1) is 8.62. The maximum Gasteiger partial charge on any atom is 0.0964 e. The zero-order valence-corrected chi connectivity index (χ0v) is 11.4. The highest BCUT2D eigenvalue weighted by Crippen LogP contribution is 2.35. The minimum absolute atomic E-state index is 0.103. The highest BCUT2D eigenvalue weighted by atomic mass is 16.3. The zero-order valence-electron chi connectivity index (χ0n) is 11.4. The highest BCUT2D eigenvalue weighted by molar-refractivity contribution is 4.95. The van der Waals surface area contributed by atoms with Gasteiger partial charge in [-0.05, 0) is 18.3 Å². The molecule has 1 aliphatic rings. The molecule has 0 radical (unpaired) electrons. The van der Waals surface area contributed by atoms with E-state index in [4.69, 9.17) is 5.11 Å². The van der Waals surface area contributed by atoms with Crippen LogP contribution in [-0.2, 0) is 13.1 Å². The van der Waals surface area contributed by atoms with Gasteiger partial charge in [-0.15, -0.1) is 5.10 Å². The molecular formula is C13H24N4O. The summed E-state index contributed by atoms with van der Waals surface area (Å²) in [5.41, 5.74) is 1.32. The summed E-state index contributed by atoms with van der Waals surface area (Å²) in [6.45, 7) is 6.06. The molecule has 5 heteroatoms. The van der Waals surface area contributed by atoms with E-state index in [-0.39, 0.29) is 6.61 Å². The van der Waals surface area contributed by atoms with E-state index in [1.807, 2.05) is 6.20 Å². The topological polar surface area (TPSA) is 63.0 Å². The number of hydrogen-bond donors (Lipinski definition) is 2. The van der Waals surface area contributed by atoms with Crippen LogP contribution in [0, 0.1) is 5.41 Å². The second kappa shape index (κ2) is 5.80. The lowest BCUT2D eigenvalue weighted by molar-refractivity contribution is 0.166. The Morgan fingerprint density at radius 1 is 1.50 bits per heavy atom. The van der Waals surface area contributed by atoms with Gasteiger partial charge < -0.3 is 10.4 Å². The molecule has 1 heterocycles. The van der Waals surface area contributed by atoms with Gasteiger partial charge in [0, 0.05) is 18.8 Å². The monoisotopic (exact) mass is 252 g/mol. The first kappa shape index (κ1) is 13.5. The van der Waals surface area contributed by atoms with Crippen molar-refractivity contribution in [1.29, 1.82) is 0 Å². The average molecular weight is 252 g/mol. The number of nitrogens with one attached hydrogen (secondary N) is 1. The smallest absolute Gasteiger partial charge is 0.0964 e. The van der Waals surface area contributed by atoms with E-state index in [2.05, 4.69) is 29.5 Å². The number of aliphatic hydroxyl groups excluding tert-OH is 1. The molecule has 1 fully saturated rings. The first-order valence-electron chi connectivity index (χ1n) is 6.85. The van der Waals surface area contributed by atoms with E-state index < -0.39 is 0 Å². The third kappa shape index (κ3) is 3.29. The Labute approximate surface area is 109 Å². The molecule has 0 spiro atoms. The molecule has 1 aromatic heterocycles. The Balaban J connectivity index is 1.86. The van der Waals surface area contributed by atoms with Crippen molar-refractivity contribution >= 4 is 0 Å². The Bertz CT molecular complexity index is 375. The maximum atomic E-state index is 8.83. The zero-order chi connectivity index (χ0) is 13.0. The fourth-order valence-electron chi connectivity index (χ4n) is 2.73. The van der Waals surface area contributed by atoms with Gasteiger partial charge in [0.1, 0.15) is 0 Å². The number of hydrogen-bond acceptors (Lipinski definition) is 4. The van der Waals surface area contributed by atoms with Gasteiger partial charge >= 0.3 is 0 Å². The standard InChI is InChI=1S/C13H24N4O/c1-13(2)6-4-3-5-12(13)14-9-11-10-17(7-8-18)16-15-11/h10,12,14,18H,3-9H2,1-2H3. The molecule has 5 nitrogen and oxygen atoms in total. The molecule has 1 aliphatic carbocycles. The van der Waals surface area contributed by atoms with Crippen molar-refractivity contribution in [3.8, 4) is 0 Å². The molecule has 1 atom stereocenters. The fourth-order valence-corrected chi connectivity index (χ4v) is 2.73. The van der Waals surface area contributed by atoms with Gasteiger partial charge in [0.15, 0.2) is 0 Å². The molecule has 1 unspecified atom stereocenters. The lowest BCUT2D eigenvalue weighted by Crippen LogP contribution is -2.43. The number of rotatable bonds is 5. The van der Waals surface area contributed by atoms with E-state index in [1.54, 1.807) is 4.68 Å². The molecule has 0 aliphatic heterocycles. The number of aliphatic hydroxyl groups is 1. The van der Waals surface area contributed by atoms with Crippen molar-refractivity contribution in [3.63, 3.8) is 0 Å². The van der Waals surface area contributed by atoms with Crippen molar-refractivity contribution in [1.82, 2.24) is 20.3 Å². The highest BCUT2D eigenvalue weighted by Gasteiger charge is 2.31. The summed E-state index contributed by atoms with van der Waals surface area (Å²) in [6, 6.07) is 0.564. The van der Waals surface area contributed by atoms with Gasteiger partial charge in [-0.2, -0.15) is 0 Å². The average Bonchev–Trinajstić information content (AvgIpc) is 2.75. The van der Waals surface area contributed by atoms with Crippen molar-refractivity contribution in [2.75, 3.05) is 6.61 Å². The largest absolute Gasteiger partial charge is 0.394 e. The lowest BCUT2D eigenvalue weighted by Gasteiger charge is -2.39. The van der Waals surface area contributed by atoms with Crippen LogP contribution in [0.1, 0.15) is 45.2 Å². The summed E-state index contributed by atoms with van der Waals surface area (Å²) < 4.78 is 1.68. The molecule has 1 aromatic rings. The molecule has 0 amide bonds. The summed E-state index contributed by atoms with van der Waals surface area (Å²) in [6.07, 6.45) is 7.11. The summed E-state index contributed by atoms with van der Waals surface area (Å²) in [7, 11) is 0. The Hall–Kier alpha value is -0.940. The van der Waals surface area contributed by atoms with Crippen molar-refractivity contribution in [2.24, 2.45) is 5.41 Å². The summed E-state index contributed by atoms with van der Waals surface area (Å²) in [5.74, 6) is 0. The van der Waals surface area contributed by atoms with Gasteiger partial charge in [-0.25, -0.2) is 4.68 Å². The van der Waals surface area contributed by atoms with E-state index in [9.17, 15) is 0 Å². The number of nitrogens with zero attached hydrogens (tertiary/aromatic N) is 3. The second-order valence-electron chi connectivity index (χ2n) is 5.86. The van der Waals surface area contributed by atoms with Crippen LogP contribution in [-0.4, -0.2) is 32.7 Å². The van der Waals surface area contributed by atoms with Crippen LogP contribution in [0.5, 0.6) is 0 Å². The molecular weight excluding hydrogens is 228 g/mol. The van der Waals surface area contributed by atoms with Crippen LogP contribution in [0.15, 0.2) is 6.20 Å². The summed E-state index contributed by atoms with van der Waals surface area (Å²) in [4.78, 5) is 0. The molecule has 0 saturated heterocycles. The fraction of sp³-hybridized carbons (Fsp3) is 0.846. The van der Waals surface area contributed by atoms with Gasteiger partial charge in [0.2, 0.25) is 0 Å².